The summed E-state index contributed by atoms with van der Waals surface area (Å²) in [5.41, 5.74) is 11.3. The SMILES string of the molecule is CCOC(=O)c1ccc2[nH]cc(CCCN3CCC(c4c[nH]c5ccc(C(N)=O)cc45)CC3)c2c1. The quantitative estimate of drug-likeness (QED) is 0.322. The second-order valence-electron chi connectivity index (χ2n) is 9.38. The highest BCUT2D eigenvalue weighted by atomic mass is 16.5. The molecule has 4 N–H and O–H groups in total. The highest BCUT2D eigenvalue weighted by molar-refractivity contribution is 5.98. The molecule has 0 aliphatic carbocycles. The van der Waals surface area contributed by atoms with Crippen LogP contribution in [0.4, 0.5) is 0 Å². The maximum Gasteiger partial charge on any atom is 0.338 e. The van der Waals surface area contributed by atoms with Crippen molar-refractivity contribution >= 4 is 33.7 Å². The monoisotopic (exact) mass is 472 g/mol. The van der Waals surface area contributed by atoms with E-state index in [9.17, 15) is 9.59 Å². The summed E-state index contributed by atoms with van der Waals surface area (Å²) in [6, 6.07) is 11.3. The topological polar surface area (TPSA) is 104 Å². The average Bonchev–Trinajstić information content (AvgIpc) is 3.48. The average molecular weight is 473 g/mol. The first-order chi connectivity index (χ1) is 17.0. The number of piperidine rings is 1. The zero-order valence-corrected chi connectivity index (χ0v) is 20.1. The minimum atomic E-state index is -0.388. The summed E-state index contributed by atoms with van der Waals surface area (Å²) < 4.78 is 5.15. The normalized spacial score (nSPS) is 15.1. The zero-order chi connectivity index (χ0) is 24.4. The number of hydrogen-bond acceptors (Lipinski definition) is 4. The number of ether oxygens (including phenoxy) is 1. The van der Waals surface area contributed by atoms with Crippen molar-refractivity contribution in [1.82, 2.24) is 14.9 Å². The second kappa shape index (κ2) is 9.96. The molecular formula is C28H32N4O3. The Labute approximate surface area is 204 Å². The van der Waals surface area contributed by atoms with Gasteiger partial charge >= 0.3 is 5.97 Å². The Morgan fingerprint density at radius 1 is 1.00 bits per heavy atom. The first-order valence-electron chi connectivity index (χ1n) is 12.4. The van der Waals surface area contributed by atoms with Gasteiger partial charge in [-0.25, -0.2) is 4.79 Å². The van der Waals surface area contributed by atoms with E-state index < -0.39 is 0 Å². The van der Waals surface area contributed by atoms with Gasteiger partial charge in [-0.1, -0.05) is 0 Å². The molecule has 35 heavy (non-hydrogen) atoms. The van der Waals surface area contributed by atoms with Crippen LogP contribution in [0.2, 0.25) is 0 Å². The Morgan fingerprint density at radius 3 is 2.43 bits per heavy atom. The molecule has 0 spiro atoms. The van der Waals surface area contributed by atoms with E-state index in [1.165, 1.54) is 11.1 Å². The third-order valence-corrected chi connectivity index (χ3v) is 7.22. The van der Waals surface area contributed by atoms with E-state index >= 15 is 0 Å². The van der Waals surface area contributed by atoms with Crippen molar-refractivity contribution in [3.05, 3.63) is 71.0 Å². The van der Waals surface area contributed by atoms with Gasteiger partial charge in [-0.15, -0.1) is 0 Å². The molecule has 2 aromatic heterocycles. The number of aryl methyl sites for hydroxylation is 1. The van der Waals surface area contributed by atoms with Crippen molar-refractivity contribution < 1.29 is 14.3 Å². The molecule has 0 bridgehead atoms. The number of nitrogens with zero attached hydrogens (tertiary/aromatic N) is 1. The van der Waals surface area contributed by atoms with Crippen LogP contribution in [0.15, 0.2) is 48.8 Å². The number of aromatic nitrogens is 2. The smallest absolute Gasteiger partial charge is 0.338 e. The van der Waals surface area contributed by atoms with Crippen molar-refractivity contribution in [2.75, 3.05) is 26.2 Å². The maximum atomic E-state index is 12.1. The number of nitrogens with one attached hydrogen (secondary N) is 2. The Morgan fingerprint density at radius 2 is 1.69 bits per heavy atom. The summed E-state index contributed by atoms with van der Waals surface area (Å²) in [6.07, 6.45) is 8.38. The number of fused-ring (bicyclic) bond motifs is 2. The van der Waals surface area contributed by atoms with E-state index in [-0.39, 0.29) is 11.9 Å². The molecule has 7 nitrogen and oxygen atoms in total. The third kappa shape index (κ3) is 4.82. The lowest BCUT2D eigenvalue weighted by molar-refractivity contribution is 0.0526. The molecule has 1 aliphatic rings. The molecule has 3 heterocycles. The summed E-state index contributed by atoms with van der Waals surface area (Å²) >= 11 is 0. The number of primary amides is 1. The number of benzene rings is 2. The fourth-order valence-corrected chi connectivity index (χ4v) is 5.32. The molecule has 0 unspecified atom stereocenters. The molecule has 1 amide bonds. The summed E-state index contributed by atoms with van der Waals surface area (Å²) in [7, 11) is 0. The van der Waals surface area contributed by atoms with Crippen molar-refractivity contribution in [2.45, 2.75) is 38.5 Å². The number of likely N-dealkylation sites (tertiary alicyclic amines) is 1. The number of nitrogens with two attached hydrogens (primary N) is 1. The number of rotatable bonds is 8. The number of hydrogen-bond donors (Lipinski definition) is 3. The molecule has 0 radical (unpaired) electrons. The minimum Gasteiger partial charge on any atom is -0.462 e. The Balaban J connectivity index is 1.17. The summed E-state index contributed by atoms with van der Waals surface area (Å²) in [6.45, 7) is 5.38. The van der Waals surface area contributed by atoms with Crippen molar-refractivity contribution in [3.63, 3.8) is 0 Å². The van der Waals surface area contributed by atoms with Crippen LogP contribution in [0.25, 0.3) is 21.8 Å². The molecule has 0 saturated carbocycles. The summed E-state index contributed by atoms with van der Waals surface area (Å²) in [4.78, 5) is 32.9. The maximum absolute atomic E-state index is 12.1. The molecule has 1 aliphatic heterocycles. The van der Waals surface area contributed by atoms with Crippen molar-refractivity contribution in [1.29, 1.82) is 0 Å². The lowest BCUT2D eigenvalue weighted by Gasteiger charge is -2.32. The van der Waals surface area contributed by atoms with Gasteiger partial charge in [-0.3, -0.25) is 4.79 Å². The van der Waals surface area contributed by atoms with E-state index in [4.69, 9.17) is 10.5 Å². The van der Waals surface area contributed by atoms with Gasteiger partial charge in [0.15, 0.2) is 0 Å². The molecule has 1 fully saturated rings. The van der Waals surface area contributed by atoms with E-state index in [0.29, 0.717) is 23.7 Å². The van der Waals surface area contributed by atoms with Crippen LogP contribution in [0.3, 0.4) is 0 Å². The number of carbonyl (C=O) groups excluding carboxylic acids is 2. The largest absolute Gasteiger partial charge is 0.462 e. The van der Waals surface area contributed by atoms with Crippen molar-refractivity contribution in [3.8, 4) is 0 Å². The highest BCUT2D eigenvalue weighted by Crippen LogP contribution is 2.33. The van der Waals surface area contributed by atoms with E-state index in [1.54, 1.807) is 6.07 Å². The first-order valence-corrected chi connectivity index (χ1v) is 12.4. The van der Waals surface area contributed by atoms with Gasteiger partial charge in [0, 0.05) is 39.8 Å². The number of carbonyl (C=O) groups is 2. The summed E-state index contributed by atoms with van der Waals surface area (Å²) in [5.74, 6) is -0.176. The van der Waals surface area contributed by atoms with Gasteiger partial charge in [0.2, 0.25) is 5.91 Å². The number of aromatic amines is 2. The van der Waals surface area contributed by atoms with Gasteiger partial charge in [0.05, 0.1) is 12.2 Å². The van der Waals surface area contributed by atoms with Crippen LogP contribution in [0, 0.1) is 0 Å². The van der Waals surface area contributed by atoms with Gasteiger partial charge in [0.25, 0.3) is 0 Å². The number of amides is 1. The summed E-state index contributed by atoms with van der Waals surface area (Å²) in [5, 5.41) is 2.21. The zero-order valence-electron chi connectivity index (χ0n) is 20.1. The van der Waals surface area contributed by atoms with Crippen molar-refractivity contribution in [2.24, 2.45) is 5.73 Å². The Bertz CT molecular complexity index is 1360. The molecule has 182 valence electrons. The molecular weight excluding hydrogens is 440 g/mol. The minimum absolute atomic E-state index is 0.273. The lowest BCUT2D eigenvalue weighted by atomic mass is 9.88. The highest BCUT2D eigenvalue weighted by Gasteiger charge is 2.23. The molecule has 7 heteroatoms. The van der Waals surface area contributed by atoms with Crippen LogP contribution in [0.5, 0.6) is 0 Å². The fourth-order valence-electron chi connectivity index (χ4n) is 5.32. The van der Waals surface area contributed by atoms with Crippen LogP contribution in [0.1, 0.15) is 63.9 Å². The molecule has 0 atom stereocenters. The first kappa shape index (κ1) is 23.2. The van der Waals surface area contributed by atoms with Gasteiger partial charge < -0.3 is 25.3 Å². The van der Waals surface area contributed by atoms with Gasteiger partial charge in [0.1, 0.15) is 0 Å². The number of esters is 1. The van der Waals surface area contributed by atoms with Crippen LogP contribution in [-0.4, -0.2) is 53.0 Å². The van der Waals surface area contributed by atoms with E-state index in [2.05, 4.69) is 27.3 Å². The van der Waals surface area contributed by atoms with Crippen LogP contribution >= 0.6 is 0 Å². The fraction of sp³-hybridized carbons (Fsp3) is 0.357. The Kier molecular flexibility index (Phi) is 6.59. The standard InChI is InChI=1S/C28H32N4O3/c1-2-35-28(34)20-6-8-25-22(15-20)21(16-30-25)4-3-11-32-12-9-18(10-13-32)24-17-31-26-7-5-19(27(29)33)14-23(24)26/h5-8,14-18,30-31H,2-4,9-13H2,1H3,(H2,29,33). The molecule has 5 rings (SSSR count). The van der Waals surface area contributed by atoms with E-state index in [1.807, 2.05) is 37.3 Å². The Hall–Kier alpha value is -3.58. The second-order valence-corrected chi connectivity index (χ2v) is 9.38. The van der Waals surface area contributed by atoms with Gasteiger partial charge in [-0.2, -0.15) is 0 Å². The third-order valence-electron chi connectivity index (χ3n) is 7.22. The lowest BCUT2D eigenvalue weighted by Crippen LogP contribution is -2.33. The van der Waals surface area contributed by atoms with E-state index in [0.717, 1.165) is 67.1 Å². The van der Waals surface area contributed by atoms with Gasteiger partial charge in [-0.05, 0) is 106 Å². The molecule has 4 aromatic rings. The van der Waals surface area contributed by atoms with Crippen LogP contribution < -0.4 is 5.73 Å². The number of H-pyrrole nitrogens is 2. The van der Waals surface area contributed by atoms with Crippen LogP contribution in [-0.2, 0) is 11.2 Å². The predicted molar refractivity (Wildman–Crippen MR) is 138 cm³/mol. The predicted octanol–water partition coefficient (Wildman–Crippen LogP) is 4.74. The molecule has 2 aromatic carbocycles. The molecule has 1 saturated heterocycles.